The van der Waals surface area contributed by atoms with Crippen molar-refractivity contribution in [2.75, 3.05) is 0 Å². The Kier molecular flexibility index (Phi) is 4.37. The first kappa shape index (κ1) is 18.5. The van der Waals surface area contributed by atoms with E-state index < -0.39 is 0 Å². The van der Waals surface area contributed by atoms with Gasteiger partial charge in [0.05, 0.1) is 12.1 Å². The molecule has 0 aliphatic heterocycles. The number of rotatable bonds is 3. The molecule has 1 heterocycles. The number of carbonyl (C=O) groups excluding carboxylic acids is 2. The van der Waals surface area contributed by atoms with E-state index in [2.05, 4.69) is 0 Å². The molecule has 0 N–H and O–H groups in total. The summed E-state index contributed by atoms with van der Waals surface area (Å²) in [6.07, 6.45) is 3.45. The molecule has 0 fully saturated rings. The topological polar surface area (TPSA) is 39.1 Å². The maximum absolute atomic E-state index is 14.3. The van der Waals surface area contributed by atoms with Crippen LogP contribution in [-0.4, -0.2) is 16.1 Å². The molecule has 1 aromatic heterocycles. The number of ketones is 2. The summed E-state index contributed by atoms with van der Waals surface area (Å²) in [7, 11) is 0. The highest BCUT2D eigenvalue weighted by Gasteiger charge is 2.32. The SMILES string of the molecule is O=C1C(=Cc2cn(Cc3c(F)cccc3Cl)c3ccccc23)C(=O)c2ccccc21. The summed E-state index contributed by atoms with van der Waals surface area (Å²) in [6.45, 7) is 0.233. The van der Waals surface area contributed by atoms with E-state index in [0.717, 1.165) is 16.5 Å². The molecule has 3 nitrogen and oxygen atoms in total. The fraction of sp³-hybridized carbons (Fsp3) is 0.0400. The van der Waals surface area contributed by atoms with Gasteiger partial charge in [-0.05, 0) is 24.3 Å². The number of Topliss-reactive ketones (excluding diaryl/α,β-unsaturated/α-hetero) is 2. The number of hydrogen-bond acceptors (Lipinski definition) is 2. The van der Waals surface area contributed by atoms with Crippen LogP contribution in [-0.2, 0) is 6.54 Å². The summed E-state index contributed by atoms with van der Waals surface area (Å²) in [5.74, 6) is -0.925. The van der Waals surface area contributed by atoms with Crippen molar-refractivity contribution in [1.82, 2.24) is 4.57 Å². The van der Waals surface area contributed by atoms with Gasteiger partial charge in [-0.15, -0.1) is 0 Å². The van der Waals surface area contributed by atoms with Crippen molar-refractivity contribution < 1.29 is 14.0 Å². The third-order valence-corrected chi connectivity index (χ3v) is 5.77. The maximum atomic E-state index is 14.3. The number of nitrogens with zero attached hydrogens (tertiary/aromatic N) is 1. The Hall–Kier alpha value is -3.50. The fourth-order valence-corrected chi connectivity index (χ4v) is 4.16. The second kappa shape index (κ2) is 7.08. The van der Waals surface area contributed by atoms with Crippen LogP contribution in [0.4, 0.5) is 4.39 Å². The highest BCUT2D eigenvalue weighted by atomic mass is 35.5. The molecule has 0 amide bonds. The summed E-state index contributed by atoms with van der Waals surface area (Å²) in [5, 5.41) is 1.22. The Morgan fingerprint density at radius 3 is 2.23 bits per heavy atom. The summed E-state index contributed by atoms with van der Waals surface area (Å²) >= 11 is 6.21. The number of para-hydroxylation sites is 1. The first-order valence-electron chi connectivity index (χ1n) is 9.45. The molecule has 0 atom stereocenters. The molecule has 0 spiro atoms. The number of hydrogen-bond donors (Lipinski definition) is 0. The molecule has 4 aromatic rings. The van der Waals surface area contributed by atoms with Crippen molar-refractivity contribution in [1.29, 1.82) is 0 Å². The van der Waals surface area contributed by atoms with E-state index in [1.807, 2.05) is 35.0 Å². The smallest absolute Gasteiger partial charge is 0.197 e. The Morgan fingerprint density at radius 2 is 1.53 bits per heavy atom. The van der Waals surface area contributed by atoms with E-state index >= 15 is 0 Å². The van der Waals surface area contributed by atoms with Crippen LogP contribution in [0.3, 0.4) is 0 Å². The van der Waals surface area contributed by atoms with Crippen LogP contribution in [0.15, 0.2) is 78.5 Å². The quantitative estimate of drug-likeness (QED) is 0.306. The molecular weight excluding hydrogens is 401 g/mol. The Labute approximate surface area is 177 Å². The van der Waals surface area contributed by atoms with Crippen molar-refractivity contribution in [3.8, 4) is 0 Å². The van der Waals surface area contributed by atoms with Crippen LogP contribution in [0.1, 0.15) is 31.8 Å². The zero-order valence-electron chi connectivity index (χ0n) is 15.7. The number of fused-ring (bicyclic) bond motifs is 2. The van der Waals surface area contributed by atoms with Crippen molar-refractivity contribution >= 4 is 40.1 Å². The minimum atomic E-state index is -0.378. The normalized spacial score (nSPS) is 13.2. The van der Waals surface area contributed by atoms with Crippen LogP contribution in [0.25, 0.3) is 17.0 Å². The zero-order chi connectivity index (χ0) is 20.8. The van der Waals surface area contributed by atoms with Gasteiger partial charge in [-0.3, -0.25) is 9.59 Å². The second-order valence-electron chi connectivity index (χ2n) is 7.19. The molecule has 30 heavy (non-hydrogen) atoms. The first-order chi connectivity index (χ1) is 14.5. The number of aromatic nitrogens is 1. The lowest BCUT2D eigenvalue weighted by Gasteiger charge is -2.08. The van der Waals surface area contributed by atoms with Gasteiger partial charge < -0.3 is 4.57 Å². The Bertz CT molecular complexity index is 1330. The molecule has 3 aromatic carbocycles. The van der Waals surface area contributed by atoms with Gasteiger partial charge in [-0.25, -0.2) is 4.39 Å². The van der Waals surface area contributed by atoms with Crippen molar-refractivity contribution in [3.05, 3.63) is 112 Å². The van der Waals surface area contributed by atoms with Crippen LogP contribution in [0.2, 0.25) is 5.02 Å². The lowest BCUT2D eigenvalue weighted by molar-refractivity contribution is 0.0990. The van der Waals surface area contributed by atoms with Gasteiger partial charge in [0.2, 0.25) is 0 Å². The summed E-state index contributed by atoms with van der Waals surface area (Å²) in [6, 6.07) is 19.0. The van der Waals surface area contributed by atoms with E-state index in [1.165, 1.54) is 6.07 Å². The minimum Gasteiger partial charge on any atom is -0.342 e. The third kappa shape index (κ3) is 2.88. The van der Waals surface area contributed by atoms with Gasteiger partial charge in [-0.1, -0.05) is 60.1 Å². The van der Waals surface area contributed by atoms with E-state index in [1.54, 1.807) is 42.5 Å². The van der Waals surface area contributed by atoms with Gasteiger partial charge in [0.1, 0.15) is 5.82 Å². The molecule has 1 aliphatic carbocycles. The summed E-state index contributed by atoms with van der Waals surface area (Å²) in [4.78, 5) is 25.5. The largest absolute Gasteiger partial charge is 0.342 e. The van der Waals surface area contributed by atoms with E-state index in [4.69, 9.17) is 11.6 Å². The lowest BCUT2D eigenvalue weighted by atomic mass is 10.1. The highest BCUT2D eigenvalue weighted by Crippen LogP contribution is 2.31. The summed E-state index contributed by atoms with van der Waals surface area (Å²) < 4.78 is 16.2. The number of carbonyl (C=O) groups is 2. The van der Waals surface area contributed by atoms with E-state index in [-0.39, 0.29) is 29.5 Å². The molecule has 0 bridgehead atoms. The second-order valence-corrected chi connectivity index (χ2v) is 7.60. The number of allylic oxidation sites excluding steroid dienone is 1. The van der Waals surface area contributed by atoms with Crippen molar-refractivity contribution in [3.63, 3.8) is 0 Å². The molecule has 146 valence electrons. The lowest BCUT2D eigenvalue weighted by Crippen LogP contribution is -2.01. The molecule has 5 heteroatoms. The highest BCUT2D eigenvalue weighted by molar-refractivity contribution is 6.41. The van der Waals surface area contributed by atoms with Crippen LogP contribution in [0.5, 0.6) is 0 Å². The molecular formula is C25H15ClFNO2. The predicted octanol–water partition coefficient (Wildman–Crippen LogP) is 5.94. The van der Waals surface area contributed by atoms with Crippen LogP contribution in [0, 0.1) is 5.82 Å². The van der Waals surface area contributed by atoms with Gasteiger partial charge >= 0.3 is 0 Å². The predicted molar refractivity (Wildman–Crippen MR) is 116 cm³/mol. The van der Waals surface area contributed by atoms with Crippen molar-refractivity contribution in [2.45, 2.75) is 6.54 Å². The molecule has 0 radical (unpaired) electrons. The van der Waals surface area contributed by atoms with Gasteiger partial charge in [0.25, 0.3) is 0 Å². The Balaban J connectivity index is 1.63. The third-order valence-electron chi connectivity index (χ3n) is 5.41. The maximum Gasteiger partial charge on any atom is 0.197 e. The minimum absolute atomic E-state index is 0.142. The van der Waals surface area contributed by atoms with Gasteiger partial charge in [-0.2, -0.15) is 0 Å². The average molecular weight is 416 g/mol. The van der Waals surface area contributed by atoms with Crippen LogP contribution >= 0.6 is 11.6 Å². The van der Waals surface area contributed by atoms with Gasteiger partial charge in [0, 0.05) is 44.4 Å². The average Bonchev–Trinajstić information content (AvgIpc) is 3.22. The fourth-order valence-electron chi connectivity index (χ4n) is 3.93. The molecule has 5 rings (SSSR count). The van der Waals surface area contributed by atoms with E-state index in [9.17, 15) is 14.0 Å². The number of halogens is 2. The molecule has 1 aliphatic rings. The number of benzene rings is 3. The Morgan fingerprint density at radius 1 is 0.867 bits per heavy atom. The molecule has 0 unspecified atom stereocenters. The van der Waals surface area contributed by atoms with E-state index in [0.29, 0.717) is 21.7 Å². The first-order valence-corrected chi connectivity index (χ1v) is 9.83. The van der Waals surface area contributed by atoms with Crippen LogP contribution < -0.4 is 0 Å². The standard InChI is InChI=1S/C25H15ClFNO2/c26-21-9-5-10-22(27)20(21)14-28-13-15(16-6-3-4-11-23(16)28)12-19-24(29)17-7-1-2-8-18(17)25(19)30/h1-13H,14H2. The molecule has 0 saturated carbocycles. The van der Waals surface area contributed by atoms with Gasteiger partial charge in [0.15, 0.2) is 11.6 Å². The van der Waals surface area contributed by atoms with Crippen molar-refractivity contribution in [2.24, 2.45) is 0 Å². The summed E-state index contributed by atoms with van der Waals surface area (Å²) in [5.41, 5.74) is 2.97. The zero-order valence-corrected chi connectivity index (χ0v) is 16.5. The monoisotopic (exact) mass is 415 g/mol. The molecule has 0 saturated heterocycles.